The van der Waals surface area contributed by atoms with Crippen LogP contribution in [0.15, 0.2) is 0 Å². The highest BCUT2D eigenvalue weighted by Crippen LogP contribution is 2.25. The van der Waals surface area contributed by atoms with E-state index in [0.717, 1.165) is 0 Å². The lowest BCUT2D eigenvalue weighted by Gasteiger charge is -2.16. The third-order valence-corrected chi connectivity index (χ3v) is 2.41. The van der Waals surface area contributed by atoms with Crippen LogP contribution in [0.5, 0.6) is 0 Å². The number of rotatable bonds is 3. The van der Waals surface area contributed by atoms with E-state index >= 15 is 0 Å². The van der Waals surface area contributed by atoms with Gasteiger partial charge in [-0.2, -0.15) is 8.42 Å². The van der Waals surface area contributed by atoms with Gasteiger partial charge in [-0.1, -0.05) is 6.92 Å². The molecule has 0 amide bonds. The lowest BCUT2D eigenvalue weighted by atomic mass is 10.1. The van der Waals surface area contributed by atoms with Gasteiger partial charge in [0.1, 0.15) is 12.2 Å². The fraction of sp³-hybridized carbons (Fsp3) is 1.00. The van der Waals surface area contributed by atoms with Gasteiger partial charge < -0.3 is 14.9 Å². The number of aliphatic hydroxyl groups excluding tert-OH is 2. The van der Waals surface area contributed by atoms with Crippen LogP contribution in [-0.4, -0.2) is 47.8 Å². The van der Waals surface area contributed by atoms with E-state index < -0.39 is 35.0 Å². The SMILES string of the molecule is CC[C@H]1OC(O)[C@@H](O)[C@@H]1OS(=O)(=O)O. The molecule has 3 N–H and O–H groups in total. The highest BCUT2D eigenvalue weighted by Gasteiger charge is 2.45. The molecule has 7 nitrogen and oxygen atoms in total. The molecule has 1 aliphatic heterocycles. The molecule has 1 unspecified atom stereocenters. The first-order valence-electron chi connectivity index (χ1n) is 4.02. The lowest BCUT2D eigenvalue weighted by Crippen LogP contribution is -2.36. The van der Waals surface area contributed by atoms with Gasteiger partial charge in [-0.15, -0.1) is 0 Å². The number of hydrogen-bond donors (Lipinski definition) is 3. The molecule has 84 valence electrons. The van der Waals surface area contributed by atoms with Gasteiger partial charge in [0.15, 0.2) is 6.29 Å². The van der Waals surface area contributed by atoms with E-state index in [0.29, 0.717) is 6.42 Å². The Morgan fingerprint density at radius 1 is 1.43 bits per heavy atom. The first kappa shape index (κ1) is 11.8. The molecule has 0 radical (unpaired) electrons. The van der Waals surface area contributed by atoms with Crippen LogP contribution in [0.25, 0.3) is 0 Å². The van der Waals surface area contributed by atoms with Crippen molar-refractivity contribution in [3.8, 4) is 0 Å². The third kappa shape index (κ3) is 2.62. The maximum Gasteiger partial charge on any atom is 0.397 e. The molecular formula is C6H12O7S. The normalized spacial score (nSPS) is 38.9. The Balaban J connectivity index is 2.74. The summed E-state index contributed by atoms with van der Waals surface area (Å²) in [6.07, 6.45) is -4.67. The fourth-order valence-electron chi connectivity index (χ4n) is 1.31. The maximum atomic E-state index is 10.4. The molecule has 1 rings (SSSR count). The standard InChI is InChI=1S/C6H12O7S/c1-2-3-5(13-14(9,10)11)4(7)6(8)12-3/h3-8H,2H2,1H3,(H,9,10,11)/t3-,4+,5-,6?/m1/s1. The van der Waals surface area contributed by atoms with Crippen LogP contribution in [0.2, 0.25) is 0 Å². The summed E-state index contributed by atoms with van der Waals surface area (Å²) in [5, 5.41) is 18.3. The van der Waals surface area contributed by atoms with Crippen molar-refractivity contribution in [3.63, 3.8) is 0 Å². The molecular weight excluding hydrogens is 216 g/mol. The van der Waals surface area contributed by atoms with Crippen LogP contribution < -0.4 is 0 Å². The molecule has 0 spiro atoms. The number of hydrogen-bond acceptors (Lipinski definition) is 6. The molecule has 1 heterocycles. The zero-order valence-electron chi connectivity index (χ0n) is 7.40. The topological polar surface area (TPSA) is 113 Å². The largest absolute Gasteiger partial charge is 0.397 e. The van der Waals surface area contributed by atoms with Crippen molar-refractivity contribution < 1.29 is 32.1 Å². The Morgan fingerprint density at radius 2 is 2.00 bits per heavy atom. The summed E-state index contributed by atoms with van der Waals surface area (Å²) in [6, 6.07) is 0. The van der Waals surface area contributed by atoms with Gasteiger partial charge in [-0.05, 0) is 6.42 Å². The maximum absolute atomic E-state index is 10.4. The Kier molecular flexibility index (Phi) is 3.45. The van der Waals surface area contributed by atoms with Crippen LogP contribution in [0.3, 0.4) is 0 Å². The molecule has 1 fully saturated rings. The van der Waals surface area contributed by atoms with Crippen molar-refractivity contribution in [2.75, 3.05) is 0 Å². The molecule has 8 heteroatoms. The molecule has 1 saturated heterocycles. The van der Waals surface area contributed by atoms with Crippen LogP contribution in [0.1, 0.15) is 13.3 Å². The minimum Gasteiger partial charge on any atom is -0.385 e. The van der Waals surface area contributed by atoms with Crippen molar-refractivity contribution in [2.45, 2.75) is 37.9 Å². The average molecular weight is 228 g/mol. The molecule has 1 aliphatic rings. The highest BCUT2D eigenvalue weighted by molar-refractivity contribution is 7.80. The predicted molar refractivity (Wildman–Crippen MR) is 43.6 cm³/mol. The number of aliphatic hydroxyl groups is 2. The first-order chi connectivity index (χ1) is 6.35. The van der Waals surface area contributed by atoms with Gasteiger partial charge in [-0.3, -0.25) is 4.55 Å². The monoisotopic (exact) mass is 228 g/mol. The van der Waals surface area contributed by atoms with Crippen molar-refractivity contribution >= 4 is 10.4 Å². The highest BCUT2D eigenvalue weighted by atomic mass is 32.3. The van der Waals surface area contributed by atoms with Crippen LogP contribution in [0, 0.1) is 0 Å². The van der Waals surface area contributed by atoms with Crippen molar-refractivity contribution in [3.05, 3.63) is 0 Å². The molecule has 0 bridgehead atoms. The second-order valence-corrected chi connectivity index (χ2v) is 4.00. The zero-order valence-corrected chi connectivity index (χ0v) is 8.22. The van der Waals surface area contributed by atoms with Crippen molar-refractivity contribution in [1.29, 1.82) is 0 Å². The van der Waals surface area contributed by atoms with E-state index in [2.05, 4.69) is 4.18 Å². The molecule has 0 aromatic heterocycles. The minimum absolute atomic E-state index is 0.342. The first-order valence-corrected chi connectivity index (χ1v) is 5.39. The van der Waals surface area contributed by atoms with E-state index in [9.17, 15) is 13.5 Å². The van der Waals surface area contributed by atoms with Gasteiger partial charge in [0.05, 0.1) is 6.10 Å². The van der Waals surface area contributed by atoms with E-state index in [1.54, 1.807) is 6.92 Å². The average Bonchev–Trinajstić information content (AvgIpc) is 2.30. The van der Waals surface area contributed by atoms with Gasteiger partial charge >= 0.3 is 10.4 Å². The summed E-state index contributed by atoms with van der Waals surface area (Å²) in [5.41, 5.74) is 0. The summed E-state index contributed by atoms with van der Waals surface area (Å²) in [6.45, 7) is 1.66. The second kappa shape index (κ2) is 4.09. The van der Waals surface area contributed by atoms with E-state index in [1.807, 2.05) is 0 Å². The van der Waals surface area contributed by atoms with Crippen LogP contribution >= 0.6 is 0 Å². The van der Waals surface area contributed by atoms with Crippen LogP contribution in [-0.2, 0) is 19.3 Å². The molecule has 0 aromatic carbocycles. The van der Waals surface area contributed by atoms with E-state index in [4.69, 9.17) is 14.4 Å². The Hall–Kier alpha value is -0.250. The zero-order chi connectivity index (χ0) is 10.9. The van der Waals surface area contributed by atoms with Crippen molar-refractivity contribution in [2.24, 2.45) is 0 Å². The van der Waals surface area contributed by atoms with Gasteiger partial charge in [0.2, 0.25) is 0 Å². The molecule has 14 heavy (non-hydrogen) atoms. The summed E-state index contributed by atoms with van der Waals surface area (Å²) >= 11 is 0. The second-order valence-electron chi connectivity index (χ2n) is 2.95. The van der Waals surface area contributed by atoms with Gasteiger partial charge in [0, 0.05) is 0 Å². The predicted octanol–water partition coefficient (Wildman–Crippen LogP) is -1.34. The summed E-state index contributed by atoms with van der Waals surface area (Å²) in [7, 11) is -4.66. The summed E-state index contributed by atoms with van der Waals surface area (Å²) < 4.78 is 38.1. The molecule has 0 saturated carbocycles. The molecule has 0 aliphatic carbocycles. The van der Waals surface area contributed by atoms with E-state index in [-0.39, 0.29) is 0 Å². The van der Waals surface area contributed by atoms with E-state index in [1.165, 1.54) is 0 Å². The molecule has 0 aromatic rings. The smallest absolute Gasteiger partial charge is 0.385 e. The number of ether oxygens (including phenoxy) is 1. The van der Waals surface area contributed by atoms with Crippen molar-refractivity contribution in [1.82, 2.24) is 0 Å². The Labute approximate surface area is 81.2 Å². The Bertz CT molecular complexity index is 287. The van der Waals surface area contributed by atoms with Gasteiger partial charge in [-0.25, -0.2) is 4.18 Å². The summed E-state index contributed by atoms with van der Waals surface area (Å²) in [4.78, 5) is 0. The summed E-state index contributed by atoms with van der Waals surface area (Å²) in [5.74, 6) is 0. The molecule has 4 atom stereocenters. The van der Waals surface area contributed by atoms with Crippen LogP contribution in [0.4, 0.5) is 0 Å². The Morgan fingerprint density at radius 3 is 2.43 bits per heavy atom. The third-order valence-electron chi connectivity index (χ3n) is 1.94. The van der Waals surface area contributed by atoms with Gasteiger partial charge in [0.25, 0.3) is 0 Å². The quantitative estimate of drug-likeness (QED) is 0.512. The lowest BCUT2D eigenvalue weighted by molar-refractivity contribution is -0.127. The fourth-order valence-corrected chi connectivity index (χ4v) is 1.83. The minimum atomic E-state index is -4.66.